The molecule has 0 aliphatic carbocycles. The van der Waals surface area contributed by atoms with Gasteiger partial charge < -0.3 is 21.1 Å². The van der Waals surface area contributed by atoms with Crippen LogP contribution >= 0.6 is 0 Å². The first-order valence-corrected chi connectivity index (χ1v) is 3.39. The summed E-state index contributed by atoms with van der Waals surface area (Å²) in [6.07, 6.45) is -0.320. The molecular formula is C6H15NO3. The first-order chi connectivity index (χ1) is 4.66. The first kappa shape index (κ1) is 9.84. The van der Waals surface area contributed by atoms with Crippen molar-refractivity contribution in [3.8, 4) is 0 Å². The van der Waals surface area contributed by atoms with E-state index in [2.05, 4.69) is 0 Å². The van der Waals surface area contributed by atoms with Crippen LogP contribution in [0.25, 0.3) is 0 Å². The van der Waals surface area contributed by atoms with Crippen LogP contribution in [-0.4, -0.2) is 34.3 Å². The van der Waals surface area contributed by atoms with Crippen molar-refractivity contribution in [1.82, 2.24) is 0 Å². The molecule has 0 rings (SSSR count). The van der Waals surface area contributed by atoms with E-state index < -0.39 is 12.3 Å². The summed E-state index contributed by atoms with van der Waals surface area (Å²) in [5, 5.41) is 25.9. The van der Waals surface area contributed by atoms with E-state index in [9.17, 15) is 0 Å². The van der Waals surface area contributed by atoms with Gasteiger partial charge in [0.1, 0.15) is 6.23 Å². The van der Waals surface area contributed by atoms with Crippen LogP contribution in [0.15, 0.2) is 0 Å². The van der Waals surface area contributed by atoms with Gasteiger partial charge >= 0.3 is 0 Å². The van der Waals surface area contributed by atoms with Crippen LogP contribution in [0, 0.1) is 0 Å². The van der Waals surface area contributed by atoms with Gasteiger partial charge in [0, 0.05) is 13.0 Å². The first-order valence-electron chi connectivity index (χ1n) is 3.39. The van der Waals surface area contributed by atoms with Crippen LogP contribution in [0.3, 0.4) is 0 Å². The van der Waals surface area contributed by atoms with Crippen LogP contribution in [0.5, 0.6) is 0 Å². The molecule has 0 saturated heterocycles. The SMILES string of the molecule is NC(O)CC(O)CCCO. The highest BCUT2D eigenvalue weighted by molar-refractivity contribution is 4.58. The summed E-state index contributed by atoms with van der Waals surface area (Å²) in [5.41, 5.74) is 5.00. The lowest BCUT2D eigenvalue weighted by Gasteiger charge is -2.10. The van der Waals surface area contributed by atoms with Crippen LogP contribution < -0.4 is 5.73 Å². The van der Waals surface area contributed by atoms with E-state index in [0.29, 0.717) is 12.8 Å². The highest BCUT2D eigenvalue weighted by Gasteiger charge is 2.06. The van der Waals surface area contributed by atoms with E-state index in [-0.39, 0.29) is 13.0 Å². The predicted octanol–water partition coefficient (Wildman–Crippen LogP) is -1.21. The number of aliphatic hydroxyl groups is 3. The molecule has 0 spiro atoms. The van der Waals surface area contributed by atoms with Crippen molar-refractivity contribution in [2.24, 2.45) is 5.73 Å². The lowest BCUT2D eigenvalue weighted by atomic mass is 10.1. The van der Waals surface area contributed by atoms with Crippen molar-refractivity contribution in [2.75, 3.05) is 6.61 Å². The summed E-state index contributed by atoms with van der Waals surface area (Å²) < 4.78 is 0. The second kappa shape index (κ2) is 5.61. The molecule has 0 saturated carbocycles. The van der Waals surface area contributed by atoms with Gasteiger partial charge in [-0.2, -0.15) is 0 Å². The fourth-order valence-electron chi connectivity index (χ4n) is 0.724. The number of hydrogen-bond acceptors (Lipinski definition) is 4. The zero-order valence-electron chi connectivity index (χ0n) is 5.90. The molecule has 0 aromatic carbocycles. The van der Waals surface area contributed by atoms with Crippen molar-refractivity contribution < 1.29 is 15.3 Å². The molecular weight excluding hydrogens is 134 g/mol. The van der Waals surface area contributed by atoms with Crippen molar-refractivity contribution in [3.05, 3.63) is 0 Å². The van der Waals surface area contributed by atoms with Gasteiger partial charge in [0.05, 0.1) is 6.10 Å². The minimum absolute atomic E-state index is 0.0672. The third-order valence-electron chi connectivity index (χ3n) is 1.21. The summed E-state index contributed by atoms with van der Waals surface area (Å²) in [6, 6.07) is 0. The van der Waals surface area contributed by atoms with Crippen LogP contribution in [0.1, 0.15) is 19.3 Å². The molecule has 0 bridgehead atoms. The maximum absolute atomic E-state index is 9.00. The molecule has 2 atom stereocenters. The van der Waals surface area contributed by atoms with E-state index in [1.807, 2.05) is 0 Å². The summed E-state index contributed by atoms with van der Waals surface area (Å²) in [7, 11) is 0. The fourth-order valence-corrected chi connectivity index (χ4v) is 0.724. The molecule has 0 fully saturated rings. The molecule has 0 aromatic heterocycles. The van der Waals surface area contributed by atoms with Crippen molar-refractivity contribution in [3.63, 3.8) is 0 Å². The molecule has 0 amide bonds. The second-order valence-corrected chi connectivity index (χ2v) is 2.32. The zero-order chi connectivity index (χ0) is 7.98. The predicted molar refractivity (Wildman–Crippen MR) is 37.1 cm³/mol. The topological polar surface area (TPSA) is 86.7 Å². The fraction of sp³-hybridized carbons (Fsp3) is 1.00. The van der Waals surface area contributed by atoms with Gasteiger partial charge in [-0.1, -0.05) is 0 Å². The summed E-state index contributed by atoms with van der Waals surface area (Å²) in [5.74, 6) is 0. The summed E-state index contributed by atoms with van der Waals surface area (Å²) in [6.45, 7) is 0.0672. The summed E-state index contributed by atoms with van der Waals surface area (Å²) >= 11 is 0. The Bertz CT molecular complexity index is 77.4. The van der Waals surface area contributed by atoms with Gasteiger partial charge in [-0.3, -0.25) is 0 Å². The van der Waals surface area contributed by atoms with E-state index >= 15 is 0 Å². The largest absolute Gasteiger partial charge is 0.396 e. The Balaban J connectivity index is 3.16. The Hall–Kier alpha value is -0.160. The van der Waals surface area contributed by atoms with Gasteiger partial charge in [0.2, 0.25) is 0 Å². The van der Waals surface area contributed by atoms with E-state index in [1.54, 1.807) is 0 Å². The van der Waals surface area contributed by atoms with E-state index in [0.717, 1.165) is 0 Å². The Kier molecular flexibility index (Phi) is 5.52. The Morgan fingerprint density at radius 3 is 2.30 bits per heavy atom. The molecule has 2 unspecified atom stereocenters. The van der Waals surface area contributed by atoms with Crippen LogP contribution in [0.4, 0.5) is 0 Å². The average molecular weight is 149 g/mol. The molecule has 62 valence electrons. The molecule has 0 aromatic rings. The normalized spacial score (nSPS) is 16.8. The highest BCUT2D eigenvalue weighted by atomic mass is 16.3. The quantitative estimate of drug-likeness (QED) is 0.369. The number of aliphatic hydroxyl groups excluding tert-OH is 3. The van der Waals surface area contributed by atoms with Gasteiger partial charge in [-0.05, 0) is 12.8 Å². The number of rotatable bonds is 5. The van der Waals surface area contributed by atoms with E-state index in [4.69, 9.17) is 21.1 Å². The van der Waals surface area contributed by atoms with Crippen molar-refractivity contribution >= 4 is 0 Å². The van der Waals surface area contributed by atoms with Gasteiger partial charge in [-0.25, -0.2) is 0 Å². The average Bonchev–Trinajstić information content (AvgIpc) is 1.82. The Labute approximate surface area is 60.3 Å². The third-order valence-corrected chi connectivity index (χ3v) is 1.21. The van der Waals surface area contributed by atoms with Crippen molar-refractivity contribution in [2.45, 2.75) is 31.6 Å². The lowest BCUT2D eigenvalue weighted by molar-refractivity contribution is 0.0743. The number of hydrogen-bond donors (Lipinski definition) is 4. The Morgan fingerprint density at radius 1 is 1.30 bits per heavy atom. The van der Waals surface area contributed by atoms with Crippen LogP contribution in [0.2, 0.25) is 0 Å². The standard InChI is InChI=1S/C6H15NO3/c7-6(10)4-5(9)2-1-3-8/h5-6,8-10H,1-4,7H2. The smallest absolute Gasteiger partial charge is 0.104 e. The molecule has 0 aliphatic heterocycles. The molecule has 4 nitrogen and oxygen atoms in total. The highest BCUT2D eigenvalue weighted by Crippen LogP contribution is 2.01. The third kappa shape index (κ3) is 5.97. The minimum atomic E-state index is -0.950. The molecule has 5 N–H and O–H groups in total. The minimum Gasteiger partial charge on any atom is -0.396 e. The Morgan fingerprint density at radius 2 is 1.90 bits per heavy atom. The molecule has 0 aliphatic rings. The molecule has 0 radical (unpaired) electrons. The van der Waals surface area contributed by atoms with E-state index in [1.165, 1.54) is 0 Å². The van der Waals surface area contributed by atoms with Gasteiger partial charge in [-0.15, -0.1) is 0 Å². The molecule has 4 heteroatoms. The van der Waals surface area contributed by atoms with Crippen molar-refractivity contribution in [1.29, 1.82) is 0 Å². The maximum Gasteiger partial charge on any atom is 0.104 e. The van der Waals surface area contributed by atoms with Gasteiger partial charge in [0.15, 0.2) is 0 Å². The molecule has 10 heavy (non-hydrogen) atoms. The number of nitrogens with two attached hydrogens (primary N) is 1. The lowest BCUT2D eigenvalue weighted by Crippen LogP contribution is -2.25. The molecule has 0 heterocycles. The summed E-state index contributed by atoms with van der Waals surface area (Å²) in [4.78, 5) is 0. The maximum atomic E-state index is 9.00. The zero-order valence-corrected chi connectivity index (χ0v) is 5.90. The van der Waals surface area contributed by atoms with Crippen LogP contribution in [-0.2, 0) is 0 Å². The van der Waals surface area contributed by atoms with Gasteiger partial charge in [0.25, 0.3) is 0 Å². The second-order valence-electron chi connectivity index (χ2n) is 2.32. The monoisotopic (exact) mass is 149 g/mol.